The predicted octanol–water partition coefficient (Wildman–Crippen LogP) is 2.89. The molecule has 0 spiro atoms. The van der Waals surface area contributed by atoms with Gasteiger partial charge in [-0.05, 0) is 19.3 Å². The zero-order chi connectivity index (χ0) is 13.3. The minimum absolute atomic E-state index is 0.0564. The van der Waals surface area contributed by atoms with Gasteiger partial charge in [0.05, 0.1) is 17.9 Å². The van der Waals surface area contributed by atoms with Gasteiger partial charge in [-0.25, -0.2) is 0 Å². The minimum Gasteiger partial charge on any atom is -0.370 e. The molecule has 2 fully saturated rings. The molecule has 19 heavy (non-hydrogen) atoms. The summed E-state index contributed by atoms with van der Waals surface area (Å²) in [4.78, 5) is 4.52. The molecular formula is C14H19N3O2. The van der Waals surface area contributed by atoms with Gasteiger partial charge in [0.25, 0.3) is 0 Å². The largest absolute Gasteiger partial charge is 0.370 e. The molecule has 2 aliphatic carbocycles. The van der Waals surface area contributed by atoms with E-state index in [9.17, 15) is 0 Å². The molecule has 102 valence electrons. The topological polar surface area (TPSA) is 71.9 Å². The lowest BCUT2D eigenvalue weighted by molar-refractivity contribution is -0.0365. The smallest absolute Gasteiger partial charge is 0.231 e. The summed E-state index contributed by atoms with van der Waals surface area (Å²) in [6, 6.07) is 2.25. The molecule has 2 saturated carbocycles. The Morgan fingerprint density at radius 3 is 2.63 bits per heavy atom. The van der Waals surface area contributed by atoms with E-state index in [0.717, 1.165) is 32.1 Å². The van der Waals surface area contributed by atoms with E-state index < -0.39 is 0 Å². The molecule has 3 rings (SSSR count). The highest BCUT2D eigenvalue weighted by molar-refractivity contribution is 5.16. The zero-order valence-corrected chi connectivity index (χ0v) is 11.3. The average Bonchev–Trinajstić information content (AvgIpc) is 3.15. The van der Waals surface area contributed by atoms with Crippen LogP contribution in [-0.2, 0) is 10.3 Å². The van der Waals surface area contributed by atoms with Gasteiger partial charge in [0, 0.05) is 7.11 Å². The highest BCUT2D eigenvalue weighted by atomic mass is 16.5. The number of aromatic nitrogens is 2. The molecule has 2 aliphatic rings. The normalized spacial score (nSPS) is 29.5. The minimum atomic E-state index is -0.380. The Balaban J connectivity index is 1.82. The zero-order valence-electron chi connectivity index (χ0n) is 11.3. The lowest BCUT2D eigenvalue weighted by Gasteiger charge is -2.27. The Labute approximate surface area is 112 Å². The molecule has 1 aromatic heterocycles. The van der Waals surface area contributed by atoms with Gasteiger partial charge in [-0.2, -0.15) is 10.2 Å². The number of ether oxygens (including phenoxy) is 1. The van der Waals surface area contributed by atoms with Crippen LogP contribution in [0.4, 0.5) is 0 Å². The Morgan fingerprint density at radius 1 is 1.32 bits per heavy atom. The summed E-state index contributed by atoms with van der Waals surface area (Å²) in [6.45, 7) is 0. The van der Waals surface area contributed by atoms with Crippen molar-refractivity contribution in [1.29, 1.82) is 5.26 Å². The van der Waals surface area contributed by atoms with Crippen LogP contribution in [0.15, 0.2) is 4.52 Å². The van der Waals surface area contributed by atoms with Crippen LogP contribution in [0.3, 0.4) is 0 Å². The maximum Gasteiger partial charge on any atom is 0.231 e. The lowest BCUT2D eigenvalue weighted by atomic mass is 9.93. The molecule has 0 radical (unpaired) electrons. The third kappa shape index (κ3) is 2.25. The van der Waals surface area contributed by atoms with Gasteiger partial charge in [-0.1, -0.05) is 30.8 Å². The van der Waals surface area contributed by atoms with Crippen LogP contribution in [0, 0.1) is 17.2 Å². The van der Waals surface area contributed by atoms with Crippen LogP contribution < -0.4 is 0 Å². The number of hydrogen-bond donors (Lipinski definition) is 0. The van der Waals surface area contributed by atoms with E-state index in [2.05, 4.69) is 16.2 Å². The fraction of sp³-hybridized carbons (Fsp3) is 0.786. The van der Waals surface area contributed by atoms with E-state index in [1.807, 2.05) is 0 Å². The highest BCUT2D eigenvalue weighted by Gasteiger charge is 2.45. The van der Waals surface area contributed by atoms with Crippen LogP contribution in [0.25, 0.3) is 0 Å². The van der Waals surface area contributed by atoms with Crippen molar-refractivity contribution in [1.82, 2.24) is 10.1 Å². The Hall–Kier alpha value is -1.41. The summed E-state index contributed by atoms with van der Waals surface area (Å²) in [5, 5.41) is 13.0. The van der Waals surface area contributed by atoms with E-state index in [4.69, 9.17) is 14.5 Å². The van der Waals surface area contributed by atoms with Crippen molar-refractivity contribution >= 4 is 0 Å². The molecule has 0 amide bonds. The standard InChI is InChI=1S/C14H19N3O2/c1-18-14(6-4-2-3-5-7-14)13-16-12(19-17-13)11-8-10(11)9-15/h10-11H,2-8H2,1H3. The average molecular weight is 261 g/mol. The number of nitriles is 1. The molecule has 0 N–H and O–H groups in total. The fourth-order valence-electron chi connectivity index (χ4n) is 3.00. The first kappa shape index (κ1) is 12.6. The molecule has 0 aromatic carbocycles. The van der Waals surface area contributed by atoms with Crippen LogP contribution in [0.1, 0.15) is 62.6 Å². The number of rotatable bonds is 3. The first-order chi connectivity index (χ1) is 9.29. The van der Waals surface area contributed by atoms with E-state index >= 15 is 0 Å². The van der Waals surface area contributed by atoms with Gasteiger partial charge in [0.2, 0.25) is 11.7 Å². The van der Waals surface area contributed by atoms with Crippen molar-refractivity contribution in [3.05, 3.63) is 11.7 Å². The highest BCUT2D eigenvalue weighted by Crippen LogP contribution is 2.47. The van der Waals surface area contributed by atoms with Gasteiger partial charge in [-0.3, -0.25) is 0 Å². The number of hydrogen-bond acceptors (Lipinski definition) is 5. The van der Waals surface area contributed by atoms with Crippen molar-refractivity contribution in [2.75, 3.05) is 7.11 Å². The third-order valence-corrected chi connectivity index (χ3v) is 4.42. The van der Waals surface area contributed by atoms with Gasteiger partial charge in [-0.15, -0.1) is 0 Å². The lowest BCUT2D eigenvalue weighted by Crippen LogP contribution is -2.29. The number of methoxy groups -OCH3 is 1. The van der Waals surface area contributed by atoms with Crippen LogP contribution >= 0.6 is 0 Å². The monoisotopic (exact) mass is 261 g/mol. The molecule has 5 nitrogen and oxygen atoms in total. The molecule has 2 atom stereocenters. The molecule has 0 bridgehead atoms. The Kier molecular flexibility index (Phi) is 3.28. The quantitative estimate of drug-likeness (QED) is 0.782. The summed E-state index contributed by atoms with van der Waals surface area (Å²) >= 11 is 0. The van der Waals surface area contributed by atoms with Crippen molar-refractivity contribution in [3.63, 3.8) is 0 Å². The van der Waals surface area contributed by atoms with Gasteiger partial charge in [0.15, 0.2) is 0 Å². The summed E-state index contributed by atoms with van der Waals surface area (Å²) in [7, 11) is 1.73. The summed E-state index contributed by atoms with van der Waals surface area (Å²) in [6.07, 6.45) is 7.52. The van der Waals surface area contributed by atoms with E-state index in [-0.39, 0.29) is 17.4 Å². The molecule has 0 aliphatic heterocycles. The van der Waals surface area contributed by atoms with Crippen LogP contribution in [0.2, 0.25) is 0 Å². The Bertz CT molecular complexity index is 483. The fourth-order valence-corrected chi connectivity index (χ4v) is 3.00. The van der Waals surface area contributed by atoms with E-state index in [1.54, 1.807) is 7.11 Å². The molecule has 0 saturated heterocycles. The first-order valence-corrected chi connectivity index (χ1v) is 7.08. The molecule has 5 heteroatoms. The molecule has 1 aromatic rings. The maximum atomic E-state index is 8.86. The van der Waals surface area contributed by atoms with Crippen LogP contribution in [-0.4, -0.2) is 17.3 Å². The van der Waals surface area contributed by atoms with Gasteiger partial charge >= 0.3 is 0 Å². The van der Waals surface area contributed by atoms with E-state index in [0.29, 0.717) is 11.7 Å². The van der Waals surface area contributed by atoms with Crippen molar-refractivity contribution < 1.29 is 9.26 Å². The Morgan fingerprint density at radius 2 is 2.05 bits per heavy atom. The van der Waals surface area contributed by atoms with Crippen LogP contribution in [0.5, 0.6) is 0 Å². The molecule has 2 unspecified atom stereocenters. The summed E-state index contributed by atoms with van der Waals surface area (Å²) in [5.41, 5.74) is -0.380. The van der Waals surface area contributed by atoms with Gasteiger partial charge < -0.3 is 9.26 Å². The number of nitrogens with zero attached hydrogens (tertiary/aromatic N) is 3. The molecular weight excluding hydrogens is 242 g/mol. The third-order valence-electron chi connectivity index (χ3n) is 4.42. The van der Waals surface area contributed by atoms with Crippen molar-refractivity contribution in [3.8, 4) is 6.07 Å². The van der Waals surface area contributed by atoms with Crippen molar-refractivity contribution in [2.45, 2.75) is 56.5 Å². The summed E-state index contributed by atoms with van der Waals surface area (Å²) < 4.78 is 11.1. The first-order valence-electron chi connectivity index (χ1n) is 7.08. The maximum absolute atomic E-state index is 8.86. The SMILES string of the molecule is COC1(c2noc(C3CC3C#N)n2)CCCCCC1. The predicted molar refractivity (Wildman–Crippen MR) is 67.1 cm³/mol. The summed E-state index contributed by atoms with van der Waals surface area (Å²) in [5.74, 6) is 1.49. The second kappa shape index (κ2) is 4.93. The van der Waals surface area contributed by atoms with E-state index in [1.165, 1.54) is 12.8 Å². The van der Waals surface area contributed by atoms with Gasteiger partial charge in [0.1, 0.15) is 5.60 Å². The molecule has 1 heterocycles. The second-order valence-electron chi connectivity index (χ2n) is 5.65. The second-order valence-corrected chi connectivity index (χ2v) is 5.65. The van der Waals surface area contributed by atoms with Crippen molar-refractivity contribution in [2.24, 2.45) is 5.92 Å².